The Kier molecular flexibility index (Phi) is 3.24. The summed E-state index contributed by atoms with van der Waals surface area (Å²) in [6, 6.07) is 3.09. The van der Waals surface area contributed by atoms with Crippen molar-refractivity contribution in [2.24, 2.45) is 0 Å². The molecule has 1 aromatic rings. The van der Waals surface area contributed by atoms with E-state index in [0.717, 1.165) is 12.1 Å². The summed E-state index contributed by atoms with van der Waals surface area (Å²) in [6.07, 6.45) is -4.42. The van der Waals surface area contributed by atoms with Gasteiger partial charge in [0.25, 0.3) is 0 Å². The lowest BCUT2D eigenvalue weighted by molar-refractivity contribution is -0.137. The SMILES string of the molecule is CN(C)Cc1cc(O)cc(C(F)(F)F)c1. The molecular formula is C10H12F3NO. The molecular weight excluding hydrogens is 207 g/mol. The van der Waals surface area contributed by atoms with Crippen LogP contribution in [0, 0.1) is 0 Å². The highest BCUT2D eigenvalue weighted by Gasteiger charge is 2.31. The van der Waals surface area contributed by atoms with E-state index in [1.54, 1.807) is 19.0 Å². The Morgan fingerprint density at radius 3 is 2.27 bits per heavy atom. The number of alkyl halides is 3. The average Bonchev–Trinajstić information content (AvgIpc) is 1.99. The molecule has 0 aliphatic heterocycles. The molecule has 0 saturated heterocycles. The maximum Gasteiger partial charge on any atom is 0.416 e. The highest BCUT2D eigenvalue weighted by molar-refractivity contribution is 5.35. The molecule has 0 atom stereocenters. The van der Waals surface area contributed by atoms with Gasteiger partial charge in [-0.15, -0.1) is 0 Å². The van der Waals surface area contributed by atoms with Crippen molar-refractivity contribution in [2.45, 2.75) is 12.7 Å². The van der Waals surface area contributed by atoms with Gasteiger partial charge in [-0.3, -0.25) is 0 Å². The zero-order valence-electron chi connectivity index (χ0n) is 8.47. The third-order valence-electron chi connectivity index (χ3n) is 1.80. The third kappa shape index (κ3) is 3.43. The van der Waals surface area contributed by atoms with Crippen LogP contribution in [-0.2, 0) is 12.7 Å². The number of aromatic hydroxyl groups is 1. The molecule has 0 aromatic heterocycles. The number of rotatable bonds is 2. The molecule has 0 amide bonds. The molecule has 0 aliphatic carbocycles. The molecule has 5 heteroatoms. The highest BCUT2D eigenvalue weighted by Crippen LogP contribution is 2.32. The number of hydrogen-bond donors (Lipinski definition) is 1. The Labute approximate surface area is 85.9 Å². The fourth-order valence-electron chi connectivity index (χ4n) is 1.29. The molecule has 0 heterocycles. The molecule has 0 spiro atoms. The maximum atomic E-state index is 12.4. The van der Waals surface area contributed by atoms with Crippen molar-refractivity contribution in [3.63, 3.8) is 0 Å². The lowest BCUT2D eigenvalue weighted by Crippen LogP contribution is -2.12. The molecule has 0 bridgehead atoms. The molecule has 2 nitrogen and oxygen atoms in total. The summed E-state index contributed by atoms with van der Waals surface area (Å²) in [7, 11) is 3.49. The summed E-state index contributed by atoms with van der Waals surface area (Å²) in [4.78, 5) is 1.73. The molecule has 0 unspecified atom stereocenters. The predicted molar refractivity (Wildman–Crippen MR) is 50.5 cm³/mol. The van der Waals surface area contributed by atoms with Crippen LogP contribution < -0.4 is 0 Å². The molecule has 0 saturated carbocycles. The quantitative estimate of drug-likeness (QED) is 0.825. The Morgan fingerprint density at radius 1 is 1.20 bits per heavy atom. The molecule has 84 valence electrons. The van der Waals surface area contributed by atoms with Crippen molar-refractivity contribution in [3.8, 4) is 5.75 Å². The van der Waals surface area contributed by atoms with E-state index in [2.05, 4.69) is 0 Å². The van der Waals surface area contributed by atoms with E-state index in [1.807, 2.05) is 0 Å². The Hall–Kier alpha value is -1.23. The molecule has 0 aliphatic rings. The fourth-order valence-corrected chi connectivity index (χ4v) is 1.29. The highest BCUT2D eigenvalue weighted by atomic mass is 19.4. The van der Waals surface area contributed by atoms with Gasteiger partial charge in [-0.2, -0.15) is 13.2 Å². The Morgan fingerprint density at radius 2 is 1.80 bits per heavy atom. The fraction of sp³-hybridized carbons (Fsp3) is 0.400. The van der Waals surface area contributed by atoms with Gasteiger partial charge in [-0.1, -0.05) is 0 Å². The summed E-state index contributed by atoms with van der Waals surface area (Å²) in [5, 5.41) is 9.15. The summed E-state index contributed by atoms with van der Waals surface area (Å²) in [6.45, 7) is 0.359. The number of nitrogens with zero attached hydrogens (tertiary/aromatic N) is 1. The van der Waals surface area contributed by atoms with Crippen LogP contribution in [0.2, 0.25) is 0 Å². The van der Waals surface area contributed by atoms with E-state index in [-0.39, 0.29) is 5.75 Å². The number of benzene rings is 1. The van der Waals surface area contributed by atoms with Gasteiger partial charge in [0, 0.05) is 6.54 Å². The second-order valence-corrected chi connectivity index (χ2v) is 3.62. The first-order chi connectivity index (χ1) is 6.79. The van der Waals surface area contributed by atoms with Crippen LogP contribution in [0.1, 0.15) is 11.1 Å². The summed E-state index contributed by atoms with van der Waals surface area (Å²) in [5.41, 5.74) is -0.383. The molecule has 0 fully saturated rings. The van der Waals surface area contributed by atoms with E-state index in [4.69, 9.17) is 5.11 Å². The van der Waals surface area contributed by atoms with Crippen molar-refractivity contribution < 1.29 is 18.3 Å². The minimum atomic E-state index is -4.42. The number of phenols is 1. The third-order valence-corrected chi connectivity index (χ3v) is 1.80. The number of halogens is 3. The summed E-state index contributed by atoms with van der Waals surface area (Å²) < 4.78 is 37.1. The lowest BCUT2D eigenvalue weighted by atomic mass is 10.1. The maximum absolute atomic E-state index is 12.4. The van der Waals surface area contributed by atoms with Crippen molar-refractivity contribution in [2.75, 3.05) is 14.1 Å². The van der Waals surface area contributed by atoms with E-state index in [0.29, 0.717) is 12.1 Å². The smallest absolute Gasteiger partial charge is 0.416 e. The van der Waals surface area contributed by atoms with Gasteiger partial charge in [-0.25, -0.2) is 0 Å². The van der Waals surface area contributed by atoms with Gasteiger partial charge >= 0.3 is 6.18 Å². The van der Waals surface area contributed by atoms with Crippen LogP contribution >= 0.6 is 0 Å². The second-order valence-electron chi connectivity index (χ2n) is 3.62. The monoisotopic (exact) mass is 219 g/mol. The zero-order valence-corrected chi connectivity index (χ0v) is 8.47. The first-order valence-corrected chi connectivity index (χ1v) is 4.34. The van der Waals surface area contributed by atoms with E-state index in [1.165, 1.54) is 6.07 Å². The van der Waals surface area contributed by atoms with Gasteiger partial charge < -0.3 is 10.0 Å². The van der Waals surface area contributed by atoms with Gasteiger partial charge in [0.05, 0.1) is 5.56 Å². The molecule has 0 radical (unpaired) electrons. The van der Waals surface area contributed by atoms with Gasteiger partial charge in [0.1, 0.15) is 5.75 Å². The molecule has 1 N–H and O–H groups in total. The van der Waals surface area contributed by atoms with Crippen LogP contribution in [0.3, 0.4) is 0 Å². The van der Waals surface area contributed by atoms with E-state index >= 15 is 0 Å². The standard InChI is InChI=1S/C10H12F3NO/c1-14(2)6-7-3-8(10(11,12)13)5-9(15)4-7/h3-5,15H,6H2,1-2H3. The number of hydrogen-bond acceptors (Lipinski definition) is 2. The lowest BCUT2D eigenvalue weighted by Gasteiger charge is -2.13. The van der Waals surface area contributed by atoms with Crippen molar-refractivity contribution in [1.29, 1.82) is 0 Å². The van der Waals surface area contributed by atoms with Gasteiger partial charge in [0.15, 0.2) is 0 Å². The first kappa shape index (κ1) is 11.8. The molecule has 1 aromatic carbocycles. The van der Waals surface area contributed by atoms with Crippen LogP contribution in [-0.4, -0.2) is 24.1 Å². The Balaban J connectivity index is 3.06. The normalized spacial score (nSPS) is 12.1. The first-order valence-electron chi connectivity index (χ1n) is 4.34. The largest absolute Gasteiger partial charge is 0.508 e. The summed E-state index contributed by atoms with van der Waals surface area (Å²) >= 11 is 0. The molecule has 15 heavy (non-hydrogen) atoms. The van der Waals surface area contributed by atoms with Crippen molar-refractivity contribution >= 4 is 0 Å². The minimum absolute atomic E-state index is 0.359. The number of phenolic OH excluding ortho intramolecular Hbond substituents is 1. The van der Waals surface area contributed by atoms with E-state index < -0.39 is 11.7 Å². The summed E-state index contributed by atoms with van der Waals surface area (Å²) in [5.74, 6) is -0.360. The zero-order chi connectivity index (χ0) is 11.6. The van der Waals surface area contributed by atoms with Crippen LogP contribution in [0.25, 0.3) is 0 Å². The molecule has 1 rings (SSSR count). The topological polar surface area (TPSA) is 23.5 Å². The second kappa shape index (κ2) is 4.10. The van der Waals surface area contributed by atoms with Crippen LogP contribution in [0.4, 0.5) is 13.2 Å². The van der Waals surface area contributed by atoms with E-state index in [9.17, 15) is 13.2 Å². The van der Waals surface area contributed by atoms with Gasteiger partial charge in [0.2, 0.25) is 0 Å². The van der Waals surface area contributed by atoms with Crippen molar-refractivity contribution in [1.82, 2.24) is 4.90 Å². The van der Waals surface area contributed by atoms with Crippen LogP contribution in [0.5, 0.6) is 5.75 Å². The average molecular weight is 219 g/mol. The van der Waals surface area contributed by atoms with Gasteiger partial charge in [-0.05, 0) is 37.9 Å². The minimum Gasteiger partial charge on any atom is -0.508 e. The Bertz CT molecular complexity index is 347. The van der Waals surface area contributed by atoms with Crippen molar-refractivity contribution in [3.05, 3.63) is 29.3 Å². The predicted octanol–water partition coefficient (Wildman–Crippen LogP) is 2.47. The van der Waals surface area contributed by atoms with Crippen LogP contribution in [0.15, 0.2) is 18.2 Å².